The molecular weight excluding hydrogens is 360 g/mol. The Bertz CT molecular complexity index is 897. The zero-order chi connectivity index (χ0) is 20.7. The fourth-order valence-corrected chi connectivity index (χ4v) is 3.69. The lowest BCUT2D eigenvalue weighted by Crippen LogP contribution is -2.40. The molecule has 7 heteroatoms. The van der Waals surface area contributed by atoms with Gasteiger partial charge in [-0.05, 0) is 43.0 Å². The van der Waals surface area contributed by atoms with E-state index in [1.54, 1.807) is 27.2 Å². The van der Waals surface area contributed by atoms with E-state index >= 15 is 0 Å². The summed E-state index contributed by atoms with van der Waals surface area (Å²) in [4.78, 5) is 12.9. The molecule has 1 atom stereocenters. The van der Waals surface area contributed by atoms with Gasteiger partial charge < -0.3 is 24.4 Å². The number of fused-ring (bicyclic) bond motifs is 1. The molecule has 0 fully saturated rings. The van der Waals surface area contributed by atoms with Crippen LogP contribution in [0.3, 0.4) is 0 Å². The molecule has 1 aromatic carbocycles. The molecule has 1 heterocycles. The third kappa shape index (κ3) is 3.46. The zero-order valence-electron chi connectivity index (χ0n) is 17.3. The van der Waals surface area contributed by atoms with Gasteiger partial charge in [-0.25, -0.2) is 0 Å². The molecule has 2 N–H and O–H groups in total. The fourth-order valence-electron chi connectivity index (χ4n) is 3.69. The molecule has 7 nitrogen and oxygen atoms in total. The van der Waals surface area contributed by atoms with Crippen LogP contribution in [-0.4, -0.2) is 36.9 Å². The Kier molecular flexibility index (Phi) is 5.14. The van der Waals surface area contributed by atoms with E-state index in [0.717, 1.165) is 11.1 Å². The number of amides is 1. The molecule has 3 rings (SSSR count). The van der Waals surface area contributed by atoms with E-state index < -0.39 is 5.60 Å². The number of benzene rings is 1. The summed E-state index contributed by atoms with van der Waals surface area (Å²) in [6.45, 7) is 7.72. The summed E-state index contributed by atoms with van der Waals surface area (Å²) in [5.74, 6) is 1.35. The first kappa shape index (κ1) is 20.2. The van der Waals surface area contributed by atoms with Crippen LogP contribution in [0.5, 0.6) is 11.5 Å². The molecular formula is C21H28N2O5. The number of aliphatic hydroxyl groups is 1. The number of ether oxygens (including phenoxy) is 2. The number of nitrogens with zero attached hydrogens (tertiary/aromatic N) is 1. The Morgan fingerprint density at radius 1 is 1.29 bits per heavy atom. The average Bonchev–Trinajstić information content (AvgIpc) is 3.19. The monoisotopic (exact) mass is 388 g/mol. The number of aryl methyl sites for hydroxylation is 2. The largest absolute Gasteiger partial charge is 0.493 e. The van der Waals surface area contributed by atoms with Crippen molar-refractivity contribution in [3.63, 3.8) is 0 Å². The smallest absolute Gasteiger partial charge is 0.256 e. The Balaban J connectivity index is 1.84. The van der Waals surface area contributed by atoms with Crippen LogP contribution in [0.25, 0.3) is 0 Å². The number of nitrogens with one attached hydrogen (secondary N) is 1. The molecule has 1 aliphatic rings. The van der Waals surface area contributed by atoms with Gasteiger partial charge in [-0.2, -0.15) is 0 Å². The van der Waals surface area contributed by atoms with Gasteiger partial charge in [-0.1, -0.05) is 25.9 Å². The van der Waals surface area contributed by atoms with Crippen LogP contribution < -0.4 is 14.8 Å². The van der Waals surface area contributed by atoms with Gasteiger partial charge in [-0.15, -0.1) is 0 Å². The lowest BCUT2D eigenvalue weighted by molar-refractivity contribution is 0.0367. The molecule has 0 saturated heterocycles. The second-order valence-corrected chi connectivity index (χ2v) is 8.29. The highest BCUT2D eigenvalue weighted by Crippen LogP contribution is 2.42. The Hall–Kier alpha value is -2.54. The van der Waals surface area contributed by atoms with E-state index in [2.05, 4.69) is 10.5 Å². The third-order valence-corrected chi connectivity index (χ3v) is 5.26. The van der Waals surface area contributed by atoms with Gasteiger partial charge in [0, 0.05) is 5.41 Å². The van der Waals surface area contributed by atoms with E-state index in [1.807, 2.05) is 26.8 Å². The van der Waals surface area contributed by atoms with Crippen molar-refractivity contribution in [2.75, 3.05) is 20.8 Å². The lowest BCUT2D eigenvalue weighted by Gasteiger charge is -2.25. The molecule has 0 bridgehead atoms. The van der Waals surface area contributed by atoms with Crippen molar-refractivity contribution < 1.29 is 23.9 Å². The van der Waals surface area contributed by atoms with Crippen molar-refractivity contribution in [3.05, 3.63) is 40.3 Å². The topological polar surface area (TPSA) is 93.8 Å². The maximum atomic E-state index is 12.9. The number of rotatable bonds is 5. The van der Waals surface area contributed by atoms with Crippen LogP contribution in [0.4, 0.5) is 0 Å². The SMILES string of the molecule is COc1cc2c(cc1OC)C(O)(CNC(=O)c1c(C(C)(C)C)noc1C)CC2. The van der Waals surface area contributed by atoms with Crippen LogP contribution in [0.2, 0.25) is 0 Å². The number of aromatic nitrogens is 1. The number of hydrogen-bond acceptors (Lipinski definition) is 6. The van der Waals surface area contributed by atoms with Gasteiger partial charge in [0.05, 0.1) is 20.8 Å². The molecule has 0 aliphatic heterocycles. The van der Waals surface area contributed by atoms with E-state index in [9.17, 15) is 9.90 Å². The Morgan fingerprint density at radius 3 is 2.54 bits per heavy atom. The van der Waals surface area contributed by atoms with Crippen LogP contribution in [-0.2, 0) is 17.4 Å². The summed E-state index contributed by atoms with van der Waals surface area (Å²) in [6.07, 6.45) is 1.20. The summed E-state index contributed by atoms with van der Waals surface area (Å²) in [6, 6.07) is 3.67. The fraction of sp³-hybridized carbons (Fsp3) is 0.524. The highest BCUT2D eigenvalue weighted by atomic mass is 16.5. The molecule has 1 aromatic heterocycles. The van der Waals surface area contributed by atoms with Crippen molar-refractivity contribution in [1.82, 2.24) is 10.5 Å². The predicted octanol–water partition coefficient (Wildman–Crippen LogP) is 2.86. The summed E-state index contributed by atoms with van der Waals surface area (Å²) >= 11 is 0. The van der Waals surface area contributed by atoms with Crippen LogP contribution >= 0.6 is 0 Å². The van der Waals surface area contributed by atoms with E-state index in [0.29, 0.717) is 41.4 Å². The molecule has 1 amide bonds. The Morgan fingerprint density at radius 2 is 1.93 bits per heavy atom. The highest BCUT2D eigenvalue weighted by Gasteiger charge is 2.39. The molecule has 0 radical (unpaired) electrons. The first-order valence-electron chi connectivity index (χ1n) is 9.33. The lowest BCUT2D eigenvalue weighted by atomic mass is 9.88. The van der Waals surface area contributed by atoms with Crippen molar-refractivity contribution in [2.45, 2.75) is 51.6 Å². The van der Waals surface area contributed by atoms with Crippen LogP contribution in [0.15, 0.2) is 16.7 Å². The van der Waals surface area contributed by atoms with Crippen molar-refractivity contribution in [3.8, 4) is 11.5 Å². The molecule has 0 saturated carbocycles. The van der Waals surface area contributed by atoms with Gasteiger partial charge in [-0.3, -0.25) is 4.79 Å². The normalized spacial score (nSPS) is 18.7. The quantitative estimate of drug-likeness (QED) is 0.818. The maximum absolute atomic E-state index is 12.9. The second-order valence-electron chi connectivity index (χ2n) is 8.29. The van der Waals surface area contributed by atoms with E-state index in [1.165, 1.54) is 0 Å². The van der Waals surface area contributed by atoms with E-state index in [-0.39, 0.29) is 17.9 Å². The van der Waals surface area contributed by atoms with E-state index in [4.69, 9.17) is 14.0 Å². The molecule has 1 aliphatic carbocycles. The van der Waals surface area contributed by atoms with Gasteiger partial charge in [0.1, 0.15) is 22.6 Å². The minimum absolute atomic E-state index is 0.0858. The number of carbonyl (C=O) groups excluding carboxylic acids is 1. The summed E-state index contributed by atoms with van der Waals surface area (Å²) in [5, 5.41) is 18.1. The maximum Gasteiger partial charge on any atom is 0.256 e. The minimum Gasteiger partial charge on any atom is -0.493 e. The molecule has 28 heavy (non-hydrogen) atoms. The van der Waals surface area contributed by atoms with Crippen molar-refractivity contribution in [2.24, 2.45) is 0 Å². The standard InChI is InChI=1S/C21H28N2O5/c1-12-17(18(23-28-12)20(2,3)4)19(24)22-11-21(25)8-7-13-9-15(26-5)16(27-6)10-14(13)21/h9-10,25H,7-8,11H2,1-6H3,(H,22,24). The summed E-state index contributed by atoms with van der Waals surface area (Å²) in [7, 11) is 3.14. The van der Waals surface area contributed by atoms with Crippen LogP contribution in [0.1, 0.15) is 60.1 Å². The molecule has 2 aromatic rings. The van der Waals surface area contributed by atoms with Crippen molar-refractivity contribution >= 4 is 5.91 Å². The zero-order valence-corrected chi connectivity index (χ0v) is 17.3. The van der Waals surface area contributed by atoms with Gasteiger partial charge in [0.15, 0.2) is 11.5 Å². The highest BCUT2D eigenvalue weighted by molar-refractivity contribution is 5.96. The predicted molar refractivity (Wildman–Crippen MR) is 104 cm³/mol. The Labute approximate surface area is 165 Å². The van der Waals surface area contributed by atoms with Gasteiger partial charge >= 0.3 is 0 Å². The van der Waals surface area contributed by atoms with Gasteiger partial charge in [0.25, 0.3) is 5.91 Å². The summed E-state index contributed by atoms with van der Waals surface area (Å²) in [5.41, 5.74) is 1.28. The second kappa shape index (κ2) is 7.13. The minimum atomic E-state index is -1.17. The average molecular weight is 388 g/mol. The molecule has 152 valence electrons. The summed E-state index contributed by atoms with van der Waals surface area (Å²) < 4.78 is 16.0. The number of carbonyl (C=O) groups is 1. The number of hydrogen-bond donors (Lipinski definition) is 2. The molecule has 0 spiro atoms. The first-order chi connectivity index (χ1) is 13.1. The first-order valence-corrected chi connectivity index (χ1v) is 9.33. The number of methoxy groups -OCH3 is 2. The molecule has 1 unspecified atom stereocenters. The van der Waals surface area contributed by atoms with Crippen molar-refractivity contribution in [1.29, 1.82) is 0 Å². The van der Waals surface area contributed by atoms with Crippen LogP contribution in [0, 0.1) is 6.92 Å². The third-order valence-electron chi connectivity index (χ3n) is 5.26. The van der Waals surface area contributed by atoms with Gasteiger partial charge in [0.2, 0.25) is 0 Å².